The maximum atomic E-state index is 12.3. The molecule has 1 heterocycles. The zero-order valence-electron chi connectivity index (χ0n) is 12.3. The fourth-order valence-corrected chi connectivity index (χ4v) is 3.33. The van der Waals surface area contributed by atoms with Gasteiger partial charge in [-0.15, -0.1) is 0 Å². The van der Waals surface area contributed by atoms with Crippen LogP contribution in [0.25, 0.3) is 0 Å². The van der Waals surface area contributed by atoms with Crippen molar-refractivity contribution >= 4 is 16.0 Å². The molecule has 0 bridgehead atoms. The normalized spacial score (nSPS) is 13.2. The molecule has 120 valence electrons. The van der Waals surface area contributed by atoms with Gasteiger partial charge in [0, 0.05) is 13.7 Å². The number of aryl methyl sites for hydroxylation is 2. The third kappa shape index (κ3) is 4.03. The Morgan fingerprint density at radius 2 is 1.95 bits per heavy atom. The maximum Gasteiger partial charge on any atom is 0.342 e. The van der Waals surface area contributed by atoms with E-state index in [0.29, 0.717) is 0 Å². The Balaban J connectivity index is 3.11. The molecule has 1 aromatic rings. The molecule has 0 fully saturated rings. The third-order valence-corrected chi connectivity index (χ3v) is 4.31. The van der Waals surface area contributed by atoms with Gasteiger partial charge in [-0.3, -0.25) is 0 Å². The van der Waals surface area contributed by atoms with E-state index in [1.165, 1.54) is 21.0 Å². The summed E-state index contributed by atoms with van der Waals surface area (Å²) < 4.78 is 41.3. The second kappa shape index (κ2) is 7.03. The van der Waals surface area contributed by atoms with Crippen LogP contribution in [0.4, 0.5) is 0 Å². The second-order valence-electron chi connectivity index (χ2n) is 4.37. The van der Waals surface area contributed by atoms with Gasteiger partial charge in [-0.2, -0.15) is 0 Å². The lowest BCUT2D eigenvalue weighted by atomic mass is 10.2. The average molecular weight is 321 g/mol. The number of esters is 1. The molecule has 0 aliphatic carbocycles. The van der Waals surface area contributed by atoms with Crippen LogP contribution in [0.5, 0.6) is 0 Å². The Labute approximate surface area is 123 Å². The summed E-state index contributed by atoms with van der Waals surface area (Å²) in [4.78, 5) is 11.4. The molecule has 0 aliphatic rings. The number of hydrogen-bond acceptors (Lipinski definition) is 7. The molecular formula is C12H19NO7S. The quantitative estimate of drug-likeness (QED) is 0.677. The number of rotatable bonds is 7. The number of nitrogens with one attached hydrogen (secondary N) is 1. The number of aliphatic hydroxyl groups is 1. The van der Waals surface area contributed by atoms with Crippen molar-refractivity contribution in [1.29, 1.82) is 0 Å². The lowest BCUT2D eigenvalue weighted by molar-refractivity contribution is 0.0594. The summed E-state index contributed by atoms with van der Waals surface area (Å²) in [5.41, 5.74) is -0.149. The zero-order valence-corrected chi connectivity index (χ0v) is 13.1. The van der Waals surface area contributed by atoms with Crippen LogP contribution < -0.4 is 4.72 Å². The van der Waals surface area contributed by atoms with E-state index < -0.39 is 22.1 Å². The van der Waals surface area contributed by atoms with Gasteiger partial charge in [0.1, 0.15) is 22.0 Å². The van der Waals surface area contributed by atoms with Gasteiger partial charge in [-0.1, -0.05) is 0 Å². The zero-order chi connectivity index (χ0) is 16.2. The first-order valence-corrected chi connectivity index (χ1v) is 7.57. The van der Waals surface area contributed by atoms with Crippen LogP contribution in [0.3, 0.4) is 0 Å². The molecule has 1 rings (SSSR count). The van der Waals surface area contributed by atoms with Gasteiger partial charge in [0.25, 0.3) is 0 Å². The average Bonchev–Trinajstić information content (AvgIpc) is 2.71. The maximum absolute atomic E-state index is 12.3. The Bertz CT molecular complexity index is 605. The minimum absolute atomic E-state index is 0.0181. The molecule has 0 aromatic carbocycles. The first-order chi connectivity index (χ1) is 9.74. The number of ether oxygens (including phenoxy) is 2. The first kappa shape index (κ1) is 17.6. The van der Waals surface area contributed by atoms with Crippen LogP contribution in [-0.2, 0) is 19.5 Å². The highest BCUT2D eigenvalue weighted by Crippen LogP contribution is 2.27. The van der Waals surface area contributed by atoms with Crippen LogP contribution in [0.1, 0.15) is 21.9 Å². The van der Waals surface area contributed by atoms with E-state index in [-0.39, 0.29) is 35.1 Å². The van der Waals surface area contributed by atoms with Gasteiger partial charge in [0.05, 0.1) is 19.8 Å². The van der Waals surface area contributed by atoms with Crippen molar-refractivity contribution in [3.05, 3.63) is 17.1 Å². The predicted octanol–water partition coefficient (Wildman–Crippen LogP) is -0.0314. The lowest BCUT2D eigenvalue weighted by Gasteiger charge is -2.11. The van der Waals surface area contributed by atoms with E-state index in [1.807, 2.05) is 0 Å². The Kier molecular flexibility index (Phi) is 5.90. The van der Waals surface area contributed by atoms with E-state index in [4.69, 9.17) is 9.15 Å². The minimum atomic E-state index is -4.03. The molecule has 0 saturated carbocycles. The molecule has 0 radical (unpaired) electrons. The molecule has 1 unspecified atom stereocenters. The highest BCUT2D eigenvalue weighted by molar-refractivity contribution is 7.89. The molecule has 0 amide bonds. The molecular weight excluding hydrogens is 302 g/mol. The van der Waals surface area contributed by atoms with E-state index in [9.17, 15) is 18.3 Å². The summed E-state index contributed by atoms with van der Waals surface area (Å²) in [6.45, 7) is 2.63. The molecule has 0 spiro atoms. The van der Waals surface area contributed by atoms with Crippen LogP contribution in [0.15, 0.2) is 9.31 Å². The molecule has 0 saturated heterocycles. The van der Waals surface area contributed by atoms with Crippen LogP contribution in [-0.4, -0.2) is 53.0 Å². The molecule has 1 aromatic heterocycles. The van der Waals surface area contributed by atoms with Gasteiger partial charge in [0.15, 0.2) is 0 Å². The summed E-state index contributed by atoms with van der Waals surface area (Å²) in [6.07, 6.45) is -1.00. The smallest absolute Gasteiger partial charge is 0.342 e. The van der Waals surface area contributed by atoms with Crippen LogP contribution in [0, 0.1) is 13.8 Å². The summed E-state index contributed by atoms with van der Waals surface area (Å²) in [5.74, 6) is -0.582. The highest BCUT2D eigenvalue weighted by Gasteiger charge is 2.31. The fraction of sp³-hybridized carbons (Fsp3) is 0.583. The molecule has 9 heteroatoms. The monoisotopic (exact) mass is 321 g/mol. The van der Waals surface area contributed by atoms with E-state index in [1.54, 1.807) is 0 Å². The second-order valence-corrected chi connectivity index (χ2v) is 6.08. The number of methoxy groups -OCH3 is 2. The van der Waals surface area contributed by atoms with Crippen LogP contribution in [0.2, 0.25) is 0 Å². The fourth-order valence-electron chi connectivity index (χ4n) is 1.85. The number of sulfonamides is 1. The summed E-state index contributed by atoms with van der Waals surface area (Å²) in [6, 6.07) is 0. The summed E-state index contributed by atoms with van der Waals surface area (Å²) in [7, 11) is -1.49. The first-order valence-electron chi connectivity index (χ1n) is 6.09. The minimum Gasteiger partial charge on any atom is -0.465 e. The Morgan fingerprint density at radius 3 is 2.48 bits per heavy atom. The topological polar surface area (TPSA) is 115 Å². The largest absolute Gasteiger partial charge is 0.465 e. The standard InChI is InChI=1S/C12H19NO7S/c1-7-10(12(15)19-4)11(8(2)20-7)21(16,17)13-5-9(14)6-18-3/h9,13-14H,5-6H2,1-4H3. The number of carbonyl (C=O) groups is 1. The highest BCUT2D eigenvalue weighted by atomic mass is 32.2. The molecule has 1 atom stereocenters. The van der Waals surface area contributed by atoms with Crippen molar-refractivity contribution in [2.24, 2.45) is 0 Å². The lowest BCUT2D eigenvalue weighted by Crippen LogP contribution is -2.35. The summed E-state index contributed by atoms with van der Waals surface area (Å²) >= 11 is 0. The number of aliphatic hydroxyl groups excluding tert-OH is 1. The molecule has 0 aliphatic heterocycles. The van der Waals surface area contributed by atoms with Crippen LogP contribution >= 0.6 is 0 Å². The van der Waals surface area contributed by atoms with Gasteiger partial charge >= 0.3 is 5.97 Å². The van der Waals surface area contributed by atoms with E-state index in [0.717, 1.165) is 7.11 Å². The predicted molar refractivity (Wildman–Crippen MR) is 72.6 cm³/mol. The van der Waals surface area contributed by atoms with Crippen molar-refractivity contribution in [2.75, 3.05) is 27.4 Å². The SMILES string of the molecule is COCC(O)CNS(=O)(=O)c1c(C)oc(C)c1C(=O)OC. The number of hydrogen-bond donors (Lipinski definition) is 2. The Hall–Kier alpha value is -1.42. The summed E-state index contributed by atoms with van der Waals surface area (Å²) in [5, 5.41) is 9.49. The van der Waals surface area contributed by atoms with Gasteiger partial charge in [0.2, 0.25) is 10.0 Å². The van der Waals surface area contributed by atoms with E-state index in [2.05, 4.69) is 9.46 Å². The van der Waals surface area contributed by atoms with Gasteiger partial charge in [-0.05, 0) is 13.8 Å². The van der Waals surface area contributed by atoms with Crippen molar-refractivity contribution in [1.82, 2.24) is 4.72 Å². The Morgan fingerprint density at radius 1 is 1.33 bits per heavy atom. The molecule has 8 nitrogen and oxygen atoms in total. The number of carbonyl (C=O) groups excluding carboxylic acids is 1. The van der Waals surface area contributed by atoms with Crippen molar-refractivity contribution < 1.29 is 32.2 Å². The van der Waals surface area contributed by atoms with Crippen molar-refractivity contribution in [3.8, 4) is 0 Å². The van der Waals surface area contributed by atoms with Crippen molar-refractivity contribution in [3.63, 3.8) is 0 Å². The van der Waals surface area contributed by atoms with Gasteiger partial charge in [-0.25, -0.2) is 17.9 Å². The molecule has 21 heavy (non-hydrogen) atoms. The number of furan rings is 1. The molecule has 2 N–H and O–H groups in total. The van der Waals surface area contributed by atoms with E-state index >= 15 is 0 Å². The van der Waals surface area contributed by atoms with Gasteiger partial charge < -0.3 is 19.0 Å². The van der Waals surface area contributed by atoms with Crippen molar-refractivity contribution in [2.45, 2.75) is 24.8 Å². The third-order valence-electron chi connectivity index (χ3n) is 2.73.